The van der Waals surface area contributed by atoms with Gasteiger partial charge in [-0.2, -0.15) is 9.83 Å². The minimum Gasteiger partial charge on any atom is -0.872 e. The summed E-state index contributed by atoms with van der Waals surface area (Å²) in [6, 6.07) is 24.6. The highest BCUT2D eigenvalue weighted by atomic mass is 35.5. The second-order valence-electron chi connectivity index (χ2n) is 7.04. The molecule has 0 aliphatic carbocycles. The molecule has 0 radical (unpaired) electrons. The number of hydrogen-bond donors (Lipinski definition) is 0. The maximum Gasteiger partial charge on any atom is 0.728 e. The van der Waals surface area contributed by atoms with Gasteiger partial charge in [-0.05, 0) is 60.7 Å². The van der Waals surface area contributed by atoms with Crippen LogP contribution in [-0.2, 0) is 4.57 Å². The van der Waals surface area contributed by atoms with E-state index in [-0.39, 0.29) is 5.75 Å². The molecule has 0 atom stereocenters. The number of benzene rings is 3. The van der Waals surface area contributed by atoms with Crippen LogP contribution in [0.25, 0.3) is 0 Å². The van der Waals surface area contributed by atoms with Crippen LogP contribution in [0.3, 0.4) is 0 Å². The van der Waals surface area contributed by atoms with E-state index in [4.69, 9.17) is 35.4 Å². The van der Waals surface area contributed by atoms with E-state index in [1.54, 1.807) is 87.0 Å². The van der Waals surface area contributed by atoms with Crippen molar-refractivity contribution in [3.8, 4) is 34.8 Å². The molecule has 0 unspecified atom stereocenters. The van der Waals surface area contributed by atoms with Gasteiger partial charge in [0.05, 0.1) is 14.2 Å². The van der Waals surface area contributed by atoms with Crippen molar-refractivity contribution in [3.05, 3.63) is 108 Å². The first-order valence-corrected chi connectivity index (χ1v) is 12.3. The topological polar surface area (TPSA) is 105 Å². The van der Waals surface area contributed by atoms with E-state index in [0.717, 1.165) is 0 Å². The van der Waals surface area contributed by atoms with E-state index in [1.807, 2.05) is 6.07 Å². The normalized spacial score (nSPS) is 10.3. The molecule has 1 heterocycles. The highest BCUT2D eigenvalue weighted by Crippen LogP contribution is 2.44. The predicted octanol–water partition coefficient (Wildman–Crippen LogP) is 5.39. The van der Waals surface area contributed by atoms with Crippen molar-refractivity contribution in [2.45, 2.75) is 0 Å². The third kappa shape index (κ3) is 7.41. The Morgan fingerprint density at radius 3 is 1.78 bits per heavy atom. The molecule has 1 aromatic heterocycles. The molecule has 0 saturated heterocycles. The van der Waals surface area contributed by atoms with E-state index in [0.29, 0.717) is 33.6 Å². The average Bonchev–Trinajstić information content (AvgIpc) is 2.90. The SMILES string of the molecule is COc1ccc(OP(=O)(Oc2ccc(OC)cc2)[n+]2cccc(C#N)c2)cc1.[O-]c1cccc(Cl)c1. The summed E-state index contributed by atoms with van der Waals surface area (Å²) in [7, 11) is -0.814. The molecule has 4 rings (SSSR count). The van der Waals surface area contributed by atoms with E-state index in [1.165, 1.54) is 28.9 Å². The Morgan fingerprint density at radius 1 is 0.833 bits per heavy atom. The summed E-state index contributed by atoms with van der Waals surface area (Å²) in [5, 5.41) is 20.1. The Labute approximate surface area is 214 Å². The third-order valence-corrected chi connectivity index (χ3v) is 6.49. The molecule has 10 heteroatoms. The fourth-order valence-electron chi connectivity index (χ4n) is 2.80. The molecule has 0 N–H and O–H groups in total. The van der Waals surface area contributed by atoms with Gasteiger partial charge in [0.25, 0.3) is 0 Å². The number of ether oxygens (including phenoxy) is 2. The summed E-state index contributed by atoms with van der Waals surface area (Å²) < 4.78 is 36.7. The van der Waals surface area contributed by atoms with Crippen LogP contribution in [0.2, 0.25) is 5.02 Å². The molecule has 4 aromatic rings. The lowest BCUT2D eigenvalue weighted by Crippen LogP contribution is -2.35. The summed E-state index contributed by atoms with van der Waals surface area (Å²) >= 11 is 5.44. The fourth-order valence-corrected chi connectivity index (χ4v) is 4.49. The monoisotopic (exact) mass is 524 g/mol. The van der Waals surface area contributed by atoms with Crippen molar-refractivity contribution in [2.24, 2.45) is 0 Å². The number of nitriles is 1. The summed E-state index contributed by atoms with van der Waals surface area (Å²) in [6.45, 7) is 0. The van der Waals surface area contributed by atoms with Crippen LogP contribution >= 0.6 is 19.3 Å². The van der Waals surface area contributed by atoms with Crippen molar-refractivity contribution >= 4 is 19.3 Å². The zero-order chi connectivity index (χ0) is 26.0. The number of methoxy groups -OCH3 is 2. The molecule has 0 saturated carbocycles. The number of hydrogen-bond acceptors (Lipinski definition) is 7. The second kappa shape index (κ2) is 12.5. The van der Waals surface area contributed by atoms with Crippen LogP contribution in [0, 0.1) is 11.3 Å². The Balaban J connectivity index is 0.000000383. The summed E-state index contributed by atoms with van der Waals surface area (Å²) in [5.41, 5.74) is 0.319. The third-order valence-electron chi connectivity index (χ3n) is 4.55. The Bertz CT molecular complexity index is 1300. The van der Waals surface area contributed by atoms with Gasteiger partial charge < -0.3 is 23.6 Å². The van der Waals surface area contributed by atoms with E-state index >= 15 is 0 Å². The fraction of sp³-hybridized carbons (Fsp3) is 0.0769. The summed E-state index contributed by atoms with van der Waals surface area (Å²) in [6.07, 6.45) is 2.93. The van der Waals surface area contributed by atoms with E-state index in [2.05, 4.69) is 0 Å². The minimum absolute atomic E-state index is 0.0440. The van der Waals surface area contributed by atoms with Gasteiger partial charge in [-0.25, -0.2) is 0 Å². The molecule has 0 spiro atoms. The van der Waals surface area contributed by atoms with Crippen LogP contribution in [0.4, 0.5) is 0 Å². The lowest BCUT2D eigenvalue weighted by molar-refractivity contribution is -0.536. The minimum atomic E-state index is -3.92. The van der Waals surface area contributed by atoms with Crippen LogP contribution in [0.15, 0.2) is 97.3 Å². The molecule has 0 aliphatic heterocycles. The molecule has 184 valence electrons. The first kappa shape index (κ1) is 26.4. The Morgan fingerprint density at radius 2 is 1.36 bits per heavy atom. The lowest BCUT2D eigenvalue weighted by Gasteiger charge is -2.14. The van der Waals surface area contributed by atoms with Gasteiger partial charge in [0.1, 0.15) is 34.6 Å². The highest BCUT2D eigenvalue weighted by molar-refractivity contribution is 7.47. The number of rotatable bonds is 7. The van der Waals surface area contributed by atoms with Gasteiger partial charge in [0.2, 0.25) is 0 Å². The molecule has 0 amide bonds. The maximum absolute atomic E-state index is 13.7. The van der Waals surface area contributed by atoms with Gasteiger partial charge in [-0.3, -0.25) is 0 Å². The predicted molar refractivity (Wildman–Crippen MR) is 132 cm³/mol. The molecule has 0 fully saturated rings. The van der Waals surface area contributed by atoms with E-state index in [9.17, 15) is 9.67 Å². The summed E-state index contributed by atoms with van der Waals surface area (Å²) in [5.74, 6) is 1.88. The largest absolute Gasteiger partial charge is 0.872 e. The van der Waals surface area contributed by atoms with Crippen molar-refractivity contribution in [1.29, 1.82) is 5.26 Å². The maximum atomic E-state index is 13.7. The molecular weight excluding hydrogens is 503 g/mol. The average molecular weight is 525 g/mol. The van der Waals surface area contributed by atoms with Crippen LogP contribution in [-0.4, -0.2) is 14.2 Å². The van der Waals surface area contributed by atoms with E-state index < -0.39 is 7.75 Å². The van der Waals surface area contributed by atoms with Gasteiger partial charge in [0.15, 0.2) is 12.4 Å². The van der Waals surface area contributed by atoms with Crippen molar-refractivity contribution in [3.63, 3.8) is 0 Å². The molecule has 0 aliphatic rings. The van der Waals surface area contributed by atoms with Gasteiger partial charge in [-0.1, -0.05) is 34.1 Å². The second-order valence-corrected chi connectivity index (χ2v) is 9.24. The van der Waals surface area contributed by atoms with Gasteiger partial charge in [0, 0.05) is 11.1 Å². The van der Waals surface area contributed by atoms with Crippen LogP contribution in [0.5, 0.6) is 28.7 Å². The quantitative estimate of drug-likeness (QED) is 0.298. The van der Waals surface area contributed by atoms with Crippen molar-refractivity contribution in [2.75, 3.05) is 14.2 Å². The number of aromatic nitrogens is 1. The Kier molecular flexibility index (Phi) is 9.18. The smallest absolute Gasteiger partial charge is 0.728 e. The molecule has 0 bridgehead atoms. The zero-order valence-electron chi connectivity index (χ0n) is 19.4. The number of halogens is 1. The van der Waals surface area contributed by atoms with Crippen LogP contribution in [0.1, 0.15) is 5.56 Å². The number of nitrogens with zero attached hydrogens (tertiary/aromatic N) is 2. The van der Waals surface area contributed by atoms with Crippen LogP contribution < -0.4 is 28.0 Å². The molecule has 8 nitrogen and oxygen atoms in total. The number of pyridine rings is 1. The Hall–Kier alpha value is -4.18. The molecular formula is C26H22ClN2O6P. The first-order chi connectivity index (χ1) is 17.3. The van der Waals surface area contributed by atoms with Crippen molar-refractivity contribution in [1.82, 2.24) is 0 Å². The highest BCUT2D eigenvalue weighted by Gasteiger charge is 2.42. The molecule has 3 aromatic carbocycles. The molecule has 36 heavy (non-hydrogen) atoms. The first-order valence-electron chi connectivity index (χ1n) is 10.5. The lowest BCUT2D eigenvalue weighted by atomic mass is 10.3. The standard InChI is InChI=1S/C20H18N2O5P.C6H5ClO/c1-24-17-5-9-19(10-6-17)26-28(23,22-13-3-4-16(14-21)15-22)27-20-11-7-18(25-2)8-12-20;7-5-2-1-3-6(8)4-5/h3-13,15H,1-2H3;1-4,8H/q+1;/p-1. The summed E-state index contributed by atoms with van der Waals surface area (Å²) in [4.78, 5) is 0. The van der Waals surface area contributed by atoms with Gasteiger partial charge in [-0.15, -0.1) is 5.75 Å². The zero-order valence-corrected chi connectivity index (χ0v) is 21.1. The van der Waals surface area contributed by atoms with Gasteiger partial charge >= 0.3 is 7.75 Å². The van der Waals surface area contributed by atoms with Crippen molar-refractivity contribution < 1.29 is 32.5 Å².